The molecule has 134 valence electrons. The molecule has 5 nitrogen and oxygen atoms in total. The number of rotatable bonds is 4. The third-order valence-corrected chi connectivity index (χ3v) is 3.85. The molecule has 2 N–H and O–H groups in total. The van der Waals surface area contributed by atoms with E-state index in [9.17, 15) is 9.90 Å². The topological polar surface area (TPSA) is 71.5 Å². The minimum atomic E-state index is -0.789. The van der Waals surface area contributed by atoms with Crippen LogP contribution in [0.5, 0.6) is 0 Å². The maximum absolute atomic E-state index is 12.0. The van der Waals surface area contributed by atoms with Gasteiger partial charge in [0, 0.05) is 22.3 Å². The van der Waals surface area contributed by atoms with Crippen molar-refractivity contribution in [2.45, 2.75) is 39.3 Å². The number of alkyl carbamates (subject to hydrolysis) is 1. The summed E-state index contributed by atoms with van der Waals surface area (Å²) in [7, 11) is 0. The molecule has 0 aliphatic heterocycles. The molecule has 1 aromatic heterocycles. The number of aromatic nitrogens is 1. The van der Waals surface area contributed by atoms with Crippen LogP contribution in [0.4, 0.5) is 4.79 Å². The van der Waals surface area contributed by atoms with Crippen molar-refractivity contribution >= 4 is 17.7 Å². The van der Waals surface area contributed by atoms with Crippen molar-refractivity contribution in [1.29, 1.82) is 0 Å². The summed E-state index contributed by atoms with van der Waals surface area (Å²) in [4.78, 5) is 16.4. The van der Waals surface area contributed by atoms with Gasteiger partial charge in [-0.05, 0) is 57.0 Å². The van der Waals surface area contributed by atoms with Crippen LogP contribution >= 0.6 is 11.6 Å². The number of aliphatic hydroxyl groups excluding tert-OH is 1. The van der Waals surface area contributed by atoms with Gasteiger partial charge in [-0.15, -0.1) is 0 Å². The predicted molar refractivity (Wildman–Crippen MR) is 98.6 cm³/mol. The van der Waals surface area contributed by atoms with Gasteiger partial charge in [-0.3, -0.25) is 4.98 Å². The first-order valence-corrected chi connectivity index (χ1v) is 8.40. The van der Waals surface area contributed by atoms with Crippen LogP contribution in [0.15, 0.2) is 36.5 Å². The van der Waals surface area contributed by atoms with E-state index in [1.54, 1.807) is 24.4 Å². The molecule has 0 unspecified atom stereocenters. The van der Waals surface area contributed by atoms with Crippen LogP contribution in [-0.4, -0.2) is 28.3 Å². The Balaban J connectivity index is 2.31. The Bertz CT molecular complexity index is 757. The first kappa shape index (κ1) is 19.2. The molecule has 0 fully saturated rings. The standard InChI is InChI=1S/C19H23ClN2O3/c1-12-6-5-9-21-17(12)14-10-13(7-8-15(14)20)16(11-23)25-18(24)22-19(2,3)4/h5-10,16,23H,11H2,1-4H3,(H,22,24)/t16-/m1/s1. The second-order valence-electron chi connectivity index (χ2n) is 6.86. The highest BCUT2D eigenvalue weighted by molar-refractivity contribution is 6.33. The Morgan fingerprint density at radius 2 is 2.08 bits per heavy atom. The lowest BCUT2D eigenvalue weighted by molar-refractivity contribution is 0.0530. The number of amides is 1. The summed E-state index contributed by atoms with van der Waals surface area (Å²) in [6.45, 7) is 7.17. The number of nitrogens with zero attached hydrogens (tertiary/aromatic N) is 1. The highest BCUT2D eigenvalue weighted by Crippen LogP contribution is 2.32. The van der Waals surface area contributed by atoms with Gasteiger partial charge in [0.1, 0.15) is 0 Å². The smallest absolute Gasteiger partial charge is 0.408 e. The monoisotopic (exact) mass is 362 g/mol. The van der Waals surface area contributed by atoms with E-state index >= 15 is 0 Å². The number of benzene rings is 1. The fraction of sp³-hybridized carbons (Fsp3) is 0.368. The van der Waals surface area contributed by atoms with Gasteiger partial charge < -0.3 is 15.2 Å². The Hall–Kier alpha value is -2.11. The normalized spacial score (nSPS) is 12.6. The summed E-state index contributed by atoms with van der Waals surface area (Å²) >= 11 is 6.32. The van der Waals surface area contributed by atoms with Gasteiger partial charge in [-0.1, -0.05) is 23.7 Å². The summed E-state index contributed by atoms with van der Waals surface area (Å²) in [5.41, 5.74) is 2.69. The maximum Gasteiger partial charge on any atom is 0.408 e. The highest BCUT2D eigenvalue weighted by atomic mass is 35.5. The molecule has 0 saturated heterocycles. The van der Waals surface area contributed by atoms with E-state index in [0.29, 0.717) is 10.6 Å². The molecule has 1 atom stereocenters. The summed E-state index contributed by atoms with van der Waals surface area (Å²) in [5, 5.41) is 12.9. The fourth-order valence-electron chi connectivity index (χ4n) is 2.37. The van der Waals surface area contributed by atoms with Crippen molar-refractivity contribution in [3.63, 3.8) is 0 Å². The SMILES string of the molecule is Cc1cccnc1-c1cc([C@@H](CO)OC(=O)NC(C)(C)C)ccc1Cl. The van der Waals surface area contributed by atoms with E-state index in [1.165, 1.54) is 0 Å². The number of aryl methyl sites for hydroxylation is 1. The predicted octanol–water partition coefficient (Wildman–Crippen LogP) is 4.27. The van der Waals surface area contributed by atoms with Crippen molar-refractivity contribution in [3.05, 3.63) is 52.7 Å². The Labute approximate surface area is 153 Å². The molecule has 0 radical (unpaired) electrons. The van der Waals surface area contributed by atoms with E-state index in [1.807, 2.05) is 39.8 Å². The average Bonchev–Trinajstić information content (AvgIpc) is 2.52. The third-order valence-electron chi connectivity index (χ3n) is 3.52. The van der Waals surface area contributed by atoms with Crippen LogP contribution in [0, 0.1) is 6.92 Å². The van der Waals surface area contributed by atoms with Crippen LogP contribution in [0.25, 0.3) is 11.3 Å². The third kappa shape index (κ3) is 5.18. The van der Waals surface area contributed by atoms with E-state index < -0.39 is 17.7 Å². The molecular formula is C19H23ClN2O3. The number of halogens is 1. The number of ether oxygens (including phenoxy) is 1. The van der Waals surface area contributed by atoms with Gasteiger partial charge in [-0.2, -0.15) is 0 Å². The van der Waals surface area contributed by atoms with Gasteiger partial charge in [0.15, 0.2) is 6.10 Å². The molecule has 1 aromatic carbocycles. The van der Waals surface area contributed by atoms with Crippen LogP contribution in [-0.2, 0) is 4.74 Å². The van der Waals surface area contributed by atoms with Crippen molar-refractivity contribution in [3.8, 4) is 11.3 Å². The lowest BCUT2D eigenvalue weighted by atomic mass is 10.0. The zero-order valence-corrected chi connectivity index (χ0v) is 15.6. The number of hydrogen-bond acceptors (Lipinski definition) is 4. The molecule has 2 rings (SSSR count). The van der Waals surface area contributed by atoms with E-state index in [2.05, 4.69) is 10.3 Å². The molecule has 25 heavy (non-hydrogen) atoms. The van der Waals surface area contributed by atoms with Gasteiger partial charge >= 0.3 is 6.09 Å². The lowest BCUT2D eigenvalue weighted by Crippen LogP contribution is -2.41. The number of carbonyl (C=O) groups is 1. The number of pyridine rings is 1. The molecule has 1 heterocycles. The first-order chi connectivity index (χ1) is 11.7. The fourth-order valence-corrected chi connectivity index (χ4v) is 2.57. The largest absolute Gasteiger partial charge is 0.439 e. The molecule has 6 heteroatoms. The van der Waals surface area contributed by atoms with Crippen LogP contribution < -0.4 is 5.32 Å². The summed E-state index contributed by atoms with van der Waals surface area (Å²) < 4.78 is 5.36. The quantitative estimate of drug-likeness (QED) is 0.852. The summed E-state index contributed by atoms with van der Waals surface area (Å²) in [5.74, 6) is 0. The van der Waals surface area contributed by atoms with Gasteiger partial charge in [-0.25, -0.2) is 4.79 Å². The number of nitrogens with one attached hydrogen (secondary N) is 1. The van der Waals surface area contributed by atoms with E-state index in [4.69, 9.17) is 16.3 Å². The van der Waals surface area contributed by atoms with Crippen molar-refractivity contribution in [1.82, 2.24) is 10.3 Å². The molecule has 0 aliphatic carbocycles. The Morgan fingerprint density at radius 3 is 2.68 bits per heavy atom. The van der Waals surface area contributed by atoms with E-state index in [0.717, 1.165) is 16.8 Å². The molecule has 0 spiro atoms. The number of hydrogen-bond donors (Lipinski definition) is 2. The molecule has 0 aliphatic rings. The van der Waals surface area contributed by atoms with Crippen LogP contribution in [0.2, 0.25) is 5.02 Å². The maximum atomic E-state index is 12.0. The van der Waals surface area contributed by atoms with Gasteiger partial charge in [0.05, 0.1) is 12.3 Å². The second kappa shape index (κ2) is 7.85. The zero-order valence-electron chi connectivity index (χ0n) is 14.8. The first-order valence-electron chi connectivity index (χ1n) is 8.02. The minimum absolute atomic E-state index is 0.333. The number of carbonyl (C=O) groups excluding carboxylic acids is 1. The summed E-state index contributed by atoms with van der Waals surface area (Å²) in [6.07, 6.45) is 0.321. The average molecular weight is 363 g/mol. The van der Waals surface area contributed by atoms with Gasteiger partial charge in [0.2, 0.25) is 0 Å². The van der Waals surface area contributed by atoms with Gasteiger partial charge in [0.25, 0.3) is 0 Å². The number of aliphatic hydroxyl groups is 1. The molecule has 0 bridgehead atoms. The Morgan fingerprint density at radius 1 is 1.36 bits per heavy atom. The van der Waals surface area contributed by atoms with Crippen LogP contribution in [0.1, 0.15) is 38.0 Å². The zero-order chi connectivity index (χ0) is 18.6. The molecule has 2 aromatic rings. The molecule has 0 saturated carbocycles. The second-order valence-corrected chi connectivity index (χ2v) is 7.27. The molecule has 1 amide bonds. The van der Waals surface area contributed by atoms with Crippen LogP contribution in [0.3, 0.4) is 0 Å². The summed E-state index contributed by atoms with van der Waals surface area (Å²) in [6, 6.07) is 9.04. The van der Waals surface area contributed by atoms with E-state index in [-0.39, 0.29) is 6.61 Å². The Kier molecular flexibility index (Phi) is 6.03. The van der Waals surface area contributed by atoms with Crippen molar-refractivity contribution in [2.24, 2.45) is 0 Å². The lowest BCUT2D eigenvalue weighted by Gasteiger charge is -2.23. The van der Waals surface area contributed by atoms with Crippen molar-refractivity contribution < 1.29 is 14.6 Å². The molecular weight excluding hydrogens is 340 g/mol. The highest BCUT2D eigenvalue weighted by Gasteiger charge is 2.21. The van der Waals surface area contributed by atoms with Crippen molar-refractivity contribution in [2.75, 3.05) is 6.61 Å². The minimum Gasteiger partial charge on any atom is -0.439 e.